The molecular formula is C26H38N6O2. The summed E-state index contributed by atoms with van der Waals surface area (Å²) in [7, 11) is 7.56. The molecule has 2 aromatic rings. The largest absolute Gasteiger partial charge is 0.378 e. The molecule has 2 heterocycles. The zero-order valence-electron chi connectivity index (χ0n) is 21.5. The lowest BCUT2D eigenvalue weighted by Crippen LogP contribution is -2.53. The summed E-state index contributed by atoms with van der Waals surface area (Å²) in [4.78, 5) is 35.1. The lowest BCUT2D eigenvalue weighted by molar-refractivity contribution is -0.124. The highest BCUT2D eigenvalue weighted by molar-refractivity contribution is 5.98. The second-order valence-electron chi connectivity index (χ2n) is 10.3. The standard InChI is InChI=1S/C26H38N6O2/c1-17(30(6)7)18-11-9-12-19(15-18)23-28-21(20-16-31(8)13-10-14-32(20)23)24(33)29-22(25(34)27-5)26(2,3)4/h9,11-12,15,22H,1,10,13-14,16H2,2-8H3,(H,27,34)(H,29,33)/t22-/m1/s1. The highest BCUT2D eigenvalue weighted by Gasteiger charge is 2.34. The van der Waals surface area contributed by atoms with Gasteiger partial charge in [0.1, 0.15) is 11.9 Å². The summed E-state index contributed by atoms with van der Waals surface area (Å²) in [5.41, 5.74) is 3.63. The number of carbonyl (C=O) groups excluding carboxylic acids is 2. The highest BCUT2D eigenvalue weighted by atomic mass is 16.2. The zero-order chi connectivity index (χ0) is 25.2. The van der Waals surface area contributed by atoms with Gasteiger partial charge in [0.25, 0.3) is 5.91 Å². The van der Waals surface area contributed by atoms with Crippen molar-refractivity contribution in [2.24, 2.45) is 5.41 Å². The number of amides is 2. The van der Waals surface area contributed by atoms with Gasteiger partial charge in [-0.1, -0.05) is 45.5 Å². The molecule has 0 saturated heterocycles. The van der Waals surface area contributed by atoms with Crippen LogP contribution in [0.4, 0.5) is 0 Å². The van der Waals surface area contributed by atoms with E-state index in [1.165, 1.54) is 0 Å². The normalized spacial score (nSPS) is 15.1. The van der Waals surface area contributed by atoms with Crippen LogP contribution in [0.5, 0.6) is 0 Å². The van der Waals surface area contributed by atoms with E-state index in [-0.39, 0.29) is 11.8 Å². The van der Waals surface area contributed by atoms with Gasteiger partial charge in [-0.25, -0.2) is 4.98 Å². The van der Waals surface area contributed by atoms with E-state index in [9.17, 15) is 9.59 Å². The second-order valence-corrected chi connectivity index (χ2v) is 10.3. The zero-order valence-corrected chi connectivity index (χ0v) is 21.5. The van der Waals surface area contributed by atoms with E-state index in [0.717, 1.165) is 47.9 Å². The lowest BCUT2D eigenvalue weighted by atomic mass is 9.86. The molecule has 1 aliphatic rings. The maximum atomic E-state index is 13.5. The first-order valence-electron chi connectivity index (χ1n) is 11.7. The Hall–Kier alpha value is -3.13. The number of likely N-dealkylation sites (N-methyl/N-ethyl adjacent to an activating group) is 1. The molecule has 184 valence electrons. The van der Waals surface area contributed by atoms with Crippen LogP contribution in [0, 0.1) is 5.41 Å². The number of imidazole rings is 1. The first-order valence-corrected chi connectivity index (χ1v) is 11.7. The van der Waals surface area contributed by atoms with Crippen molar-refractivity contribution in [2.45, 2.75) is 46.3 Å². The van der Waals surface area contributed by atoms with E-state index in [4.69, 9.17) is 4.98 Å². The van der Waals surface area contributed by atoms with E-state index >= 15 is 0 Å². The lowest BCUT2D eigenvalue weighted by Gasteiger charge is -2.29. The average molecular weight is 467 g/mol. The van der Waals surface area contributed by atoms with Crippen LogP contribution in [0.15, 0.2) is 30.8 Å². The van der Waals surface area contributed by atoms with Crippen LogP contribution in [-0.4, -0.2) is 71.9 Å². The van der Waals surface area contributed by atoms with E-state index in [2.05, 4.69) is 32.7 Å². The minimum absolute atomic E-state index is 0.224. The molecule has 1 aromatic carbocycles. The van der Waals surface area contributed by atoms with Crippen LogP contribution in [0.2, 0.25) is 0 Å². The number of hydrogen-bond donors (Lipinski definition) is 2. The van der Waals surface area contributed by atoms with Crippen LogP contribution < -0.4 is 10.6 Å². The second kappa shape index (κ2) is 10.0. The van der Waals surface area contributed by atoms with Gasteiger partial charge >= 0.3 is 0 Å². The first kappa shape index (κ1) is 25.5. The molecular weight excluding hydrogens is 428 g/mol. The average Bonchev–Trinajstić information content (AvgIpc) is 3.02. The van der Waals surface area contributed by atoms with E-state index < -0.39 is 11.5 Å². The number of nitrogens with one attached hydrogen (secondary N) is 2. The summed E-state index contributed by atoms with van der Waals surface area (Å²) in [5, 5.41) is 5.62. The van der Waals surface area contributed by atoms with Crippen LogP contribution in [0.3, 0.4) is 0 Å². The molecule has 0 spiro atoms. The maximum Gasteiger partial charge on any atom is 0.272 e. The molecule has 1 atom stereocenters. The summed E-state index contributed by atoms with van der Waals surface area (Å²) in [6.07, 6.45) is 0.959. The Morgan fingerprint density at radius 3 is 2.53 bits per heavy atom. The Morgan fingerprint density at radius 2 is 1.91 bits per heavy atom. The molecule has 1 aromatic heterocycles. The van der Waals surface area contributed by atoms with Gasteiger partial charge in [-0.3, -0.25) is 9.59 Å². The third-order valence-corrected chi connectivity index (χ3v) is 6.27. The van der Waals surface area contributed by atoms with Crippen LogP contribution in [-0.2, 0) is 17.9 Å². The molecule has 8 heteroatoms. The Kier molecular flexibility index (Phi) is 7.51. The Bertz CT molecular complexity index is 1080. The van der Waals surface area contributed by atoms with Crippen LogP contribution >= 0.6 is 0 Å². The van der Waals surface area contributed by atoms with Crippen molar-refractivity contribution in [3.05, 3.63) is 47.8 Å². The smallest absolute Gasteiger partial charge is 0.272 e. The summed E-state index contributed by atoms with van der Waals surface area (Å²) in [6, 6.07) is 7.42. The molecule has 1 aliphatic heterocycles. The summed E-state index contributed by atoms with van der Waals surface area (Å²) in [6.45, 7) is 12.3. The van der Waals surface area contributed by atoms with Crippen molar-refractivity contribution in [1.82, 2.24) is 30.0 Å². The van der Waals surface area contributed by atoms with Crippen molar-refractivity contribution < 1.29 is 9.59 Å². The van der Waals surface area contributed by atoms with Gasteiger partial charge in [-0.2, -0.15) is 0 Å². The molecule has 0 aliphatic carbocycles. The maximum absolute atomic E-state index is 13.5. The number of benzene rings is 1. The molecule has 34 heavy (non-hydrogen) atoms. The van der Waals surface area contributed by atoms with Crippen LogP contribution in [0.25, 0.3) is 17.1 Å². The highest BCUT2D eigenvalue weighted by Crippen LogP contribution is 2.29. The molecule has 0 fully saturated rings. The number of aromatic nitrogens is 2. The van der Waals surface area contributed by atoms with Crippen LogP contribution in [0.1, 0.15) is 48.9 Å². The van der Waals surface area contributed by atoms with Gasteiger partial charge in [-0.05, 0) is 37.1 Å². The quantitative estimate of drug-likeness (QED) is 0.684. The van der Waals surface area contributed by atoms with Gasteiger partial charge in [0.15, 0.2) is 5.69 Å². The number of rotatable bonds is 6. The molecule has 2 amide bonds. The fourth-order valence-corrected chi connectivity index (χ4v) is 4.24. The fourth-order valence-electron chi connectivity index (χ4n) is 4.24. The Morgan fingerprint density at radius 1 is 1.21 bits per heavy atom. The van der Waals surface area contributed by atoms with Crippen molar-refractivity contribution in [2.75, 3.05) is 34.7 Å². The monoisotopic (exact) mass is 466 g/mol. The molecule has 0 radical (unpaired) electrons. The third kappa shape index (κ3) is 5.33. The van der Waals surface area contributed by atoms with Crippen molar-refractivity contribution in [3.8, 4) is 11.4 Å². The number of fused-ring (bicyclic) bond motifs is 1. The molecule has 3 rings (SSSR count). The summed E-state index contributed by atoms with van der Waals surface area (Å²) >= 11 is 0. The summed E-state index contributed by atoms with van der Waals surface area (Å²) in [5.74, 6) is 0.206. The minimum atomic E-state index is -0.680. The number of carbonyl (C=O) groups is 2. The molecule has 0 bridgehead atoms. The molecule has 2 N–H and O–H groups in total. The van der Waals surface area contributed by atoms with Gasteiger partial charge in [0.2, 0.25) is 5.91 Å². The van der Waals surface area contributed by atoms with Gasteiger partial charge in [0, 0.05) is 45.5 Å². The number of hydrogen-bond acceptors (Lipinski definition) is 5. The van der Waals surface area contributed by atoms with Crippen molar-refractivity contribution in [1.29, 1.82) is 0 Å². The fraction of sp³-hybridized carbons (Fsp3) is 0.500. The van der Waals surface area contributed by atoms with Crippen molar-refractivity contribution >= 4 is 17.5 Å². The predicted molar refractivity (Wildman–Crippen MR) is 136 cm³/mol. The van der Waals surface area contributed by atoms with Crippen molar-refractivity contribution in [3.63, 3.8) is 0 Å². The Balaban J connectivity index is 2.08. The molecule has 0 saturated carbocycles. The topological polar surface area (TPSA) is 82.5 Å². The van der Waals surface area contributed by atoms with E-state index in [1.54, 1.807) is 7.05 Å². The van der Waals surface area contributed by atoms with E-state index in [1.807, 2.05) is 65.0 Å². The first-order chi connectivity index (χ1) is 15.9. The number of nitrogens with zero attached hydrogens (tertiary/aromatic N) is 4. The van der Waals surface area contributed by atoms with Gasteiger partial charge in [0.05, 0.1) is 5.69 Å². The Labute approximate surface area is 203 Å². The summed E-state index contributed by atoms with van der Waals surface area (Å²) < 4.78 is 2.15. The minimum Gasteiger partial charge on any atom is -0.378 e. The predicted octanol–water partition coefficient (Wildman–Crippen LogP) is 2.81. The van der Waals surface area contributed by atoms with Gasteiger partial charge < -0.3 is 25.0 Å². The molecule has 8 nitrogen and oxygen atoms in total. The molecule has 0 unspecified atom stereocenters. The van der Waals surface area contributed by atoms with Gasteiger partial charge in [-0.15, -0.1) is 0 Å². The van der Waals surface area contributed by atoms with E-state index in [0.29, 0.717) is 12.2 Å². The third-order valence-electron chi connectivity index (χ3n) is 6.27. The SMILES string of the molecule is C=C(c1cccc(-c2nc(C(=O)N[C@H](C(=O)NC)C(C)(C)C)c3n2CCCN(C)C3)c1)N(C)C.